The first kappa shape index (κ1) is 14.5. The third-order valence-corrected chi connectivity index (χ3v) is 4.07. The Kier molecular flexibility index (Phi) is 3.75. The van der Waals surface area contributed by atoms with Crippen LogP contribution < -0.4 is 15.0 Å². The van der Waals surface area contributed by atoms with Crippen molar-refractivity contribution in [3.63, 3.8) is 0 Å². The number of hydrogen-bond acceptors (Lipinski definition) is 4. The van der Waals surface area contributed by atoms with E-state index in [2.05, 4.69) is 10.3 Å². The van der Waals surface area contributed by atoms with E-state index in [0.29, 0.717) is 13.2 Å². The van der Waals surface area contributed by atoms with Crippen LogP contribution in [0.15, 0.2) is 60.8 Å². The van der Waals surface area contributed by atoms with E-state index in [1.165, 1.54) is 0 Å². The minimum atomic E-state index is -0.0649. The summed E-state index contributed by atoms with van der Waals surface area (Å²) in [5.74, 6) is 0.758. The standard InChI is InChI=1S/C19H17N3O2/c23-18(13-22-11-12-24-17-9-2-1-8-16(17)22)21-15-7-3-5-14-6-4-10-20-19(14)15/h1-10H,11-13H2,(H,21,23). The predicted octanol–water partition coefficient (Wildman–Crippen LogP) is 3.07. The predicted molar refractivity (Wildman–Crippen MR) is 94.5 cm³/mol. The first-order valence-electron chi connectivity index (χ1n) is 7.92. The summed E-state index contributed by atoms with van der Waals surface area (Å²) in [5.41, 5.74) is 2.49. The van der Waals surface area contributed by atoms with Crippen molar-refractivity contribution in [2.24, 2.45) is 0 Å². The number of nitrogens with one attached hydrogen (secondary N) is 1. The van der Waals surface area contributed by atoms with Crippen LogP contribution in [0.2, 0.25) is 0 Å². The molecule has 4 rings (SSSR count). The lowest BCUT2D eigenvalue weighted by Crippen LogP contribution is -2.38. The highest BCUT2D eigenvalue weighted by molar-refractivity contribution is 6.01. The van der Waals surface area contributed by atoms with Crippen molar-refractivity contribution in [1.29, 1.82) is 0 Å². The Bertz CT molecular complexity index is 889. The first-order valence-corrected chi connectivity index (χ1v) is 7.92. The molecule has 24 heavy (non-hydrogen) atoms. The molecule has 0 bridgehead atoms. The smallest absolute Gasteiger partial charge is 0.243 e. The second-order valence-electron chi connectivity index (χ2n) is 5.67. The molecule has 0 aliphatic carbocycles. The molecule has 0 radical (unpaired) electrons. The molecule has 2 aromatic carbocycles. The van der Waals surface area contributed by atoms with Gasteiger partial charge in [0.15, 0.2) is 0 Å². The van der Waals surface area contributed by atoms with E-state index in [-0.39, 0.29) is 12.5 Å². The lowest BCUT2D eigenvalue weighted by molar-refractivity contribution is -0.115. The molecule has 3 aromatic rings. The van der Waals surface area contributed by atoms with Crippen molar-refractivity contribution in [1.82, 2.24) is 4.98 Å². The Balaban J connectivity index is 1.53. The fourth-order valence-electron chi connectivity index (χ4n) is 2.96. The number of anilines is 2. The van der Waals surface area contributed by atoms with E-state index >= 15 is 0 Å². The van der Waals surface area contributed by atoms with Gasteiger partial charge in [0.2, 0.25) is 5.91 Å². The number of benzene rings is 2. The van der Waals surface area contributed by atoms with Crippen LogP contribution in [0.4, 0.5) is 11.4 Å². The Hall–Kier alpha value is -3.08. The first-order chi connectivity index (χ1) is 11.8. The summed E-state index contributed by atoms with van der Waals surface area (Å²) >= 11 is 0. The van der Waals surface area contributed by atoms with Crippen LogP contribution in [0.5, 0.6) is 5.75 Å². The molecular weight excluding hydrogens is 302 g/mol. The van der Waals surface area contributed by atoms with Crippen LogP contribution >= 0.6 is 0 Å². The SMILES string of the molecule is O=C(CN1CCOc2ccccc21)Nc1cccc2cccnc12. The van der Waals surface area contributed by atoms with Crippen molar-refractivity contribution >= 4 is 28.2 Å². The summed E-state index contributed by atoms with van der Waals surface area (Å²) in [7, 11) is 0. The molecule has 120 valence electrons. The number of ether oxygens (including phenoxy) is 1. The number of hydrogen-bond donors (Lipinski definition) is 1. The summed E-state index contributed by atoms with van der Waals surface area (Å²) in [6, 6.07) is 17.4. The third-order valence-electron chi connectivity index (χ3n) is 4.07. The lowest BCUT2D eigenvalue weighted by atomic mass is 10.2. The zero-order valence-corrected chi connectivity index (χ0v) is 13.1. The van der Waals surface area contributed by atoms with Gasteiger partial charge in [0.05, 0.1) is 30.0 Å². The minimum absolute atomic E-state index is 0.0649. The zero-order valence-electron chi connectivity index (χ0n) is 13.1. The lowest BCUT2D eigenvalue weighted by Gasteiger charge is -2.30. The normalized spacial score (nSPS) is 13.2. The minimum Gasteiger partial charge on any atom is -0.490 e. The average Bonchev–Trinajstić information content (AvgIpc) is 2.62. The molecular formula is C19H17N3O2. The Labute approximate surface area is 139 Å². The van der Waals surface area contributed by atoms with Crippen LogP contribution in [0, 0.1) is 0 Å². The van der Waals surface area contributed by atoms with Crippen molar-refractivity contribution < 1.29 is 9.53 Å². The molecule has 1 amide bonds. The number of para-hydroxylation sites is 3. The van der Waals surface area contributed by atoms with Gasteiger partial charge in [0.25, 0.3) is 0 Å². The number of fused-ring (bicyclic) bond motifs is 2. The van der Waals surface area contributed by atoms with Crippen molar-refractivity contribution in [2.75, 3.05) is 29.9 Å². The van der Waals surface area contributed by atoms with E-state index in [4.69, 9.17) is 4.74 Å². The molecule has 0 saturated heterocycles. The van der Waals surface area contributed by atoms with Crippen LogP contribution in [0.25, 0.3) is 10.9 Å². The highest BCUT2D eigenvalue weighted by Gasteiger charge is 2.20. The summed E-state index contributed by atoms with van der Waals surface area (Å²) in [6.45, 7) is 1.56. The second kappa shape index (κ2) is 6.20. The largest absolute Gasteiger partial charge is 0.490 e. The van der Waals surface area contributed by atoms with Gasteiger partial charge in [-0.05, 0) is 24.3 Å². The van der Waals surface area contributed by atoms with E-state index in [1.807, 2.05) is 59.5 Å². The summed E-state index contributed by atoms with van der Waals surface area (Å²) in [6.07, 6.45) is 1.73. The molecule has 1 N–H and O–H groups in total. The Morgan fingerprint density at radius 1 is 1.12 bits per heavy atom. The summed E-state index contributed by atoms with van der Waals surface area (Å²) < 4.78 is 5.63. The zero-order chi connectivity index (χ0) is 16.4. The molecule has 5 nitrogen and oxygen atoms in total. The van der Waals surface area contributed by atoms with Gasteiger partial charge < -0.3 is 15.0 Å². The Morgan fingerprint density at radius 2 is 2.00 bits per heavy atom. The molecule has 0 spiro atoms. The highest BCUT2D eigenvalue weighted by atomic mass is 16.5. The van der Waals surface area contributed by atoms with Gasteiger partial charge in [0, 0.05) is 11.6 Å². The quantitative estimate of drug-likeness (QED) is 0.806. The van der Waals surface area contributed by atoms with E-state index < -0.39 is 0 Å². The molecule has 5 heteroatoms. The number of carbonyl (C=O) groups is 1. The number of carbonyl (C=O) groups excluding carboxylic acids is 1. The highest BCUT2D eigenvalue weighted by Crippen LogP contribution is 2.30. The molecule has 0 unspecified atom stereocenters. The second-order valence-corrected chi connectivity index (χ2v) is 5.67. The molecule has 1 aromatic heterocycles. The fraction of sp³-hybridized carbons (Fsp3) is 0.158. The van der Waals surface area contributed by atoms with Crippen molar-refractivity contribution in [2.45, 2.75) is 0 Å². The van der Waals surface area contributed by atoms with Gasteiger partial charge in [-0.2, -0.15) is 0 Å². The maximum absolute atomic E-state index is 12.5. The van der Waals surface area contributed by atoms with E-state index in [1.54, 1.807) is 6.20 Å². The van der Waals surface area contributed by atoms with Gasteiger partial charge in [-0.15, -0.1) is 0 Å². The van der Waals surface area contributed by atoms with Gasteiger partial charge >= 0.3 is 0 Å². The van der Waals surface area contributed by atoms with Crippen LogP contribution in [-0.4, -0.2) is 30.6 Å². The van der Waals surface area contributed by atoms with Gasteiger partial charge in [-0.3, -0.25) is 9.78 Å². The third kappa shape index (κ3) is 2.76. The maximum atomic E-state index is 12.5. The van der Waals surface area contributed by atoms with Crippen molar-refractivity contribution in [3.8, 4) is 5.75 Å². The van der Waals surface area contributed by atoms with Gasteiger partial charge in [-0.25, -0.2) is 0 Å². The summed E-state index contributed by atoms with van der Waals surface area (Å²) in [4.78, 5) is 18.9. The van der Waals surface area contributed by atoms with Crippen molar-refractivity contribution in [3.05, 3.63) is 60.8 Å². The monoisotopic (exact) mass is 319 g/mol. The van der Waals surface area contributed by atoms with Gasteiger partial charge in [0.1, 0.15) is 12.4 Å². The maximum Gasteiger partial charge on any atom is 0.243 e. The molecule has 0 atom stereocenters. The number of amides is 1. The fourth-order valence-corrected chi connectivity index (χ4v) is 2.96. The van der Waals surface area contributed by atoms with Crippen LogP contribution in [-0.2, 0) is 4.79 Å². The topological polar surface area (TPSA) is 54.5 Å². The summed E-state index contributed by atoms with van der Waals surface area (Å²) in [5, 5.41) is 3.99. The van der Waals surface area contributed by atoms with Gasteiger partial charge in [-0.1, -0.05) is 30.3 Å². The average molecular weight is 319 g/mol. The number of nitrogens with zero attached hydrogens (tertiary/aromatic N) is 2. The number of rotatable bonds is 3. The van der Waals surface area contributed by atoms with E-state index in [9.17, 15) is 4.79 Å². The number of aromatic nitrogens is 1. The number of pyridine rings is 1. The Morgan fingerprint density at radius 3 is 2.96 bits per heavy atom. The molecule has 1 aliphatic heterocycles. The van der Waals surface area contributed by atoms with Crippen LogP contribution in [0.3, 0.4) is 0 Å². The molecule has 2 heterocycles. The molecule has 0 fully saturated rings. The van der Waals surface area contributed by atoms with E-state index in [0.717, 1.165) is 28.0 Å². The molecule has 1 aliphatic rings. The molecule has 0 saturated carbocycles. The van der Waals surface area contributed by atoms with Crippen LogP contribution in [0.1, 0.15) is 0 Å².